The van der Waals surface area contributed by atoms with Crippen molar-refractivity contribution in [2.24, 2.45) is 10.9 Å². The van der Waals surface area contributed by atoms with Crippen LogP contribution < -0.4 is 5.73 Å². The second kappa shape index (κ2) is 6.66. The van der Waals surface area contributed by atoms with E-state index in [0.717, 1.165) is 31.7 Å². The van der Waals surface area contributed by atoms with E-state index >= 15 is 0 Å². The van der Waals surface area contributed by atoms with E-state index in [4.69, 9.17) is 10.9 Å². The minimum atomic E-state index is 0.117. The fraction of sp³-hybridized carbons (Fsp3) is 0.462. The summed E-state index contributed by atoms with van der Waals surface area (Å²) in [7, 11) is 0. The number of rotatable bonds is 5. The van der Waals surface area contributed by atoms with E-state index in [9.17, 15) is 0 Å². The van der Waals surface area contributed by atoms with Crippen LogP contribution in [-0.4, -0.2) is 40.8 Å². The van der Waals surface area contributed by atoms with Crippen molar-refractivity contribution in [1.82, 2.24) is 4.90 Å². The van der Waals surface area contributed by atoms with E-state index in [0.29, 0.717) is 5.84 Å². The lowest BCUT2D eigenvalue weighted by atomic mass is 10.2. The molecule has 5 heteroatoms. The van der Waals surface area contributed by atoms with Crippen LogP contribution in [0.2, 0.25) is 0 Å². The molecule has 98 valence electrons. The summed E-state index contributed by atoms with van der Waals surface area (Å²) in [5.41, 5.74) is 5.70. The van der Waals surface area contributed by atoms with Crippen molar-refractivity contribution >= 4 is 17.6 Å². The first kappa shape index (κ1) is 13.2. The fourth-order valence-corrected chi connectivity index (χ4v) is 3.20. The van der Waals surface area contributed by atoms with Crippen LogP contribution in [0.1, 0.15) is 12.8 Å². The van der Waals surface area contributed by atoms with Crippen molar-refractivity contribution < 1.29 is 5.21 Å². The van der Waals surface area contributed by atoms with E-state index in [2.05, 4.69) is 34.3 Å². The highest BCUT2D eigenvalue weighted by molar-refractivity contribution is 7.99. The first-order chi connectivity index (χ1) is 8.81. The van der Waals surface area contributed by atoms with Gasteiger partial charge in [-0.05, 0) is 31.5 Å². The van der Waals surface area contributed by atoms with Crippen LogP contribution in [0.5, 0.6) is 0 Å². The molecule has 0 amide bonds. The maximum absolute atomic E-state index is 8.75. The highest BCUT2D eigenvalue weighted by Crippen LogP contribution is 2.21. The molecule has 1 fully saturated rings. The van der Waals surface area contributed by atoms with Gasteiger partial charge in [0.05, 0.1) is 6.04 Å². The number of benzene rings is 1. The predicted octanol–water partition coefficient (Wildman–Crippen LogP) is 1.99. The maximum Gasteiger partial charge on any atom is 0.156 e. The molecule has 1 unspecified atom stereocenters. The highest BCUT2D eigenvalue weighted by Gasteiger charge is 2.27. The molecular weight excluding hydrogens is 246 g/mol. The van der Waals surface area contributed by atoms with Crippen LogP contribution in [0.25, 0.3) is 0 Å². The summed E-state index contributed by atoms with van der Waals surface area (Å²) in [4.78, 5) is 3.59. The molecule has 1 aliphatic rings. The van der Waals surface area contributed by atoms with Crippen LogP contribution in [0.15, 0.2) is 40.4 Å². The van der Waals surface area contributed by atoms with E-state index < -0.39 is 0 Å². The monoisotopic (exact) mass is 265 g/mol. The molecule has 1 saturated heterocycles. The van der Waals surface area contributed by atoms with Gasteiger partial charge in [0.1, 0.15) is 0 Å². The third-order valence-electron chi connectivity index (χ3n) is 3.21. The molecule has 1 heterocycles. The molecule has 0 saturated carbocycles. The van der Waals surface area contributed by atoms with Crippen molar-refractivity contribution in [3.05, 3.63) is 30.3 Å². The molecular formula is C13H19N3OS. The quantitative estimate of drug-likeness (QED) is 0.281. The normalized spacial score (nSPS) is 21.3. The van der Waals surface area contributed by atoms with Gasteiger partial charge in [-0.25, -0.2) is 0 Å². The third kappa shape index (κ3) is 3.40. The molecule has 0 spiro atoms. The standard InChI is InChI=1S/C13H19N3OS/c14-13(15-17)12-7-4-8-16(12)9-10-18-11-5-2-1-3-6-11/h1-3,5-6,12,17H,4,7-10H2,(H2,14,15). The lowest BCUT2D eigenvalue weighted by Crippen LogP contribution is -2.41. The van der Waals surface area contributed by atoms with Crippen molar-refractivity contribution in [2.75, 3.05) is 18.8 Å². The topological polar surface area (TPSA) is 61.9 Å². The summed E-state index contributed by atoms with van der Waals surface area (Å²) >= 11 is 1.84. The summed E-state index contributed by atoms with van der Waals surface area (Å²) in [6.45, 7) is 2.01. The number of hydrogen-bond donors (Lipinski definition) is 2. The third-order valence-corrected chi connectivity index (χ3v) is 4.20. The van der Waals surface area contributed by atoms with Gasteiger partial charge in [-0.2, -0.15) is 0 Å². The molecule has 0 aliphatic carbocycles. The van der Waals surface area contributed by atoms with E-state index in [-0.39, 0.29) is 6.04 Å². The molecule has 0 bridgehead atoms. The van der Waals surface area contributed by atoms with Gasteiger partial charge < -0.3 is 10.9 Å². The van der Waals surface area contributed by atoms with E-state index in [1.807, 2.05) is 17.8 Å². The molecule has 1 aliphatic heterocycles. The van der Waals surface area contributed by atoms with Crippen molar-refractivity contribution in [3.8, 4) is 0 Å². The Morgan fingerprint density at radius 2 is 2.22 bits per heavy atom. The van der Waals surface area contributed by atoms with Gasteiger partial charge in [0.15, 0.2) is 5.84 Å². The lowest BCUT2D eigenvalue weighted by Gasteiger charge is -2.22. The van der Waals surface area contributed by atoms with Crippen LogP contribution in [-0.2, 0) is 0 Å². The Bertz CT molecular complexity index is 396. The molecule has 1 aromatic carbocycles. The predicted molar refractivity (Wildman–Crippen MR) is 75.2 cm³/mol. The largest absolute Gasteiger partial charge is 0.409 e. The number of hydrogen-bond acceptors (Lipinski definition) is 4. The second-order valence-electron chi connectivity index (χ2n) is 4.38. The number of oxime groups is 1. The smallest absolute Gasteiger partial charge is 0.156 e. The first-order valence-corrected chi connectivity index (χ1v) is 7.19. The molecule has 0 radical (unpaired) electrons. The molecule has 18 heavy (non-hydrogen) atoms. The Hall–Kier alpha value is -1.20. The average molecular weight is 265 g/mol. The lowest BCUT2D eigenvalue weighted by molar-refractivity contribution is 0.290. The van der Waals surface area contributed by atoms with E-state index in [1.165, 1.54) is 4.90 Å². The van der Waals surface area contributed by atoms with Crippen molar-refractivity contribution in [3.63, 3.8) is 0 Å². The van der Waals surface area contributed by atoms with Gasteiger partial charge in [-0.3, -0.25) is 4.90 Å². The Morgan fingerprint density at radius 3 is 2.94 bits per heavy atom. The van der Waals surface area contributed by atoms with Gasteiger partial charge in [0.2, 0.25) is 0 Å². The number of nitrogens with zero attached hydrogens (tertiary/aromatic N) is 2. The van der Waals surface area contributed by atoms with Gasteiger partial charge in [-0.15, -0.1) is 11.8 Å². The molecule has 1 atom stereocenters. The number of thioether (sulfide) groups is 1. The SMILES string of the molecule is NC(=NO)C1CCCN1CCSc1ccccc1. The minimum absolute atomic E-state index is 0.117. The molecule has 1 aromatic rings. The van der Waals surface area contributed by atoms with Gasteiger partial charge >= 0.3 is 0 Å². The maximum atomic E-state index is 8.75. The summed E-state index contributed by atoms with van der Waals surface area (Å²) in [6.07, 6.45) is 2.11. The summed E-state index contributed by atoms with van der Waals surface area (Å²) in [6, 6.07) is 10.5. The molecule has 4 nitrogen and oxygen atoms in total. The Kier molecular flexibility index (Phi) is 4.90. The van der Waals surface area contributed by atoms with Crippen LogP contribution in [0, 0.1) is 0 Å². The molecule has 2 rings (SSSR count). The number of nitrogens with two attached hydrogens (primary N) is 1. The van der Waals surface area contributed by atoms with Crippen LogP contribution in [0.4, 0.5) is 0 Å². The Morgan fingerprint density at radius 1 is 1.44 bits per heavy atom. The number of likely N-dealkylation sites (tertiary alicyclic amines) is 1. The van der Waals surface area contributed by atoms with Crippen LogP contribution >= 0.6 is 11.8 Å². The Balaban J connectivity index is 1.79. The summed E-state index contributed by atoms with van der Waals surface area (Å²) < 4.78 is 0. The van der Waals surface area contributed by atoms with Crippen molar-refractivity contribution in [1.29, 1.82) is 0 Å². The zero-order chi connectivity index (χ0) is 12.8. The number of amidine groups is 1. The van der Waals surface area contributed by atoms with Gasteiger partial charge in [0.25, 0.3) is 0 Å². The van der Waals surface area contributed by atoms with Gasteiger partial charge in [0, 0.05) is 17.2 Å². The van der Waals surface area contributed by atoms with Gasteiger partial charge in [-0.1, -0.05) is 23.4 Å². The zero-order valence-electron chi connectivity index (χ0n) is 10.3. The summed E-state index contributed by atoms with van der Waals surface area (Å²) in [5.74, 6) is 1.37. The summed E-state index contributed by atoms with van der Waals surface area (Å²) in [5, 5.41) is 11.9. The van der Waals surface area contributed by atoms with E-state index in [1.54, 1.807) is 0 Å². The first-order valence-electron chi connectivity index (χ1n) is 6.20. The molecule has 3 N–H and O–H groups in total. The van der Waals surface area contributed by atoms with Crippen LogP contribution in [0.3, 0.4) is 0 Å². The average Bonchev–Trinajstić information content (AvgIpc) is 2.87. The van der Waals surface area contributed by atoms with Crippen molar-refractivity contribution in [2.45, 2.75) is 23.8 Å². The second-order valence-corrected chi connectivity index (χ2v) is 5.55. The molecule has 0 aromatic heterocycles. The minimum Gasteiger partial charge on any atom is -0.409 e. The fourth-order valence-electron chi connectivity index (χ4n) is 2.29. The Labute approximate surface area is 112 Å². The zero-order valence-corrected chi connectivity index (χ0v) is 11.1. The highest BCUT2D eigenvalue weighted by atomic mass is 32.2.